The zero-order valence-electron chi connectivity index (χ0n) is 21.0. The third kappa shape index (κ3) is 7.10. The van der Waals surface area contributed by atoms with Crippen LogP contribution in [0.25, 0.3) is 16.3 Å². The number of carbonyl (C=O) groups is 1. The summed E-state index contributed by atoms with van der Waals surface area (Å²) in [5.41, 5.74) is 3.49. The molecular weight excluding hydrogens is 410 g/mol. The molecule has 5 heteroatoms. The highest BCUT2D eigenvalue weighted by molar-refractivity contribution is 5.94. The summed E-state index contributed by atoms with van der Waals surface area (Å²) in [5, 5.41) is 14.9. The minimum absolute atomic E-state index is 0.00839. The fourth-order valence-electron chi connectivity index (χ4n) is 3.88. The van der Waals surface area contributed by atoms with E-state index in [0.717, 1.165) is 46.9 Å². The van der Waals surface area contributed by atoms with Crippen molar-refractivity contribution in [3.05, 3.63) is 60.1 Å². The van der Waals surface area contributed by atoms with Gasteiger partial charge in [-0.05, 0) is 67.9 Å². The number of aromatic nitrogens is 2. The predicted molar refractivity (Wildman–Crippen MR) is 139 cm³/mol. The molecule has 0 aliphatic rings. The van der Waals surface area contributed by atoms with Gasteiger partial charge in [-0.1, -0.05) is 52.8 Å². The van der Waals surface area contributed by atoms with Crippen molar-refractivity contribution in [2.45, 2.75) is 73.3 Å². The maximum Gasteiger partial charge on any atom is 0.228 e. The molecule has 5 nitrogen and oxygen atoms in total. The molecule has 0 aromatic carbocycles. The van der Waals surface area contributed by atoms with Gasteiger partial charge in [-0.25, -0.2) is 4.98 Å². The minimum Gasteiger partial charge on any atom is -0.388 e. The molecule has 2 aromatic heterocycles. The van der Waals surface area contributed by atoms with E-state index >= 15 is 0 Å². The topological polar surface area (TPSA) is 75.1 Å². The van der Waals surface area contributed by atoms with Gasteiger partial charge in [0.15, 0.2) is 0 Å². The van der Waals surface area contributed by atoms with Crippen LogP contribution in [-0.4, -0.2) is 27.1 Å². The van der Waals surface area contributed by atoms with E-state index in [4.69, 9.17) is 0 Å². The van der Waals surface area contributed by atoms with Crippen molar-refractivity contribution in [3.63, 3.8) is 0 Å². The number of rotatable bonds is 11. The lowest BCUT2D eigenvalue weighted by atomic mass is 9.91. The number of carbonyl (C=O) groups excluding carboxylic acids is 1. The normalized spacial score (nSPS) is 15.2. The van der Waals surface area contributed by atoms with Crippen molar-refractivity contribution < 1.29 is 9.90 Å². The number of aliphatic hydroxyl groups is 1. The summed E-state index contributed by atoms with van der Waals surface area (Å²) < 4.78 is 0. The van der Waals surface area contributed by atoms with Crippen LogP contribution in [0, 0.1) is 11.8 Å². The van der Waals surface area contributed by atoms with Crippen molar-refractivity contribution in [3.8, 4) is 0 Å². The zero-order chi connectivity index (χ0) is 24.5. The van der Waals surface area contributed by atoms with Crippen LogP contribution >= 0.6 is 0 Å². The molecule has 3 atom stereocenters. The molecule has 1 amide bonds. The smallest absolute Gasteiger partial charge is 0.228 e. The molecule has 0 saturated carbocycles. The number of hydrogen-bond donors (Lipinski definition) is 2. The summed E-state index contributed by atoms with van der Waals surface area (Å²) in [7, 11) is 0. The zero-order valence-corrected chi connectivity index (χ0v) is 21.0. The summed E-state index contributed by atoms with van der Waals surface area (Å²) in [6.45, 7) is 16.3. The summed E-state index contributed by atoms with van der Waals surface area (Å²) >= 11 is 0. The van der Waals surface area contributed by atoms with Gasteiger partial charge in [0.2, 0.25) is 5.91 Å². The highest BCUT2D eigenvalue weighted by atomic mass is 16.3. The Morgan fingerprint density at radius 1 is 1.12 bits per heavy atom. The van der Waals surface area contributed by atoms with Gasteiger partial charge in [-0.2, -0.15) is 0 Å². The Kier molecular flexibility index (Phi) is 9.98. The Labute approximate surface area is 198 Å². The van der Waals surface area contributed by atoms with Crippen LogP contribution in [0.1, 0.15) is 72.9 Å². The van der Waals surface area contributed by atoms with E-state index in [0.29, 0.717) is 23.7 Å². The van der Waals surface area contributed by atoms with Crippen LogP contribution in [0.15, 0.2) is 54.4 Å². The van der Waals surface area contributed by atoms with Gasteiger partial charge < -0.3 is 10.4 Å². The standard InChI is InChI=1S/C28H39N3O2/c1-8-18(5)12-21(9-2)28(33)31-27-15-23-16-29-25(14-22(23)17-30-27)24(10-3)19(6)13-20(7)26(32)11-4/h10,13-18,21,26,32H,7-9,11-12H2,1-6H3,(H,30,31,33)/b19-13-,24-10+. The van der Waals surface area contributed by atoms with Gasteiger partial charge >= 0.3 is 0 Å². The molecule has 2 heterocycles. The van der Waals surface area contributed by atoms with Gasteiger partial charge in [0.1, 0.15) is 5.82 Å². The molecule has 2 N–H and O–H groups in total. The average Bonchev–Trinajstić information content (AvgIpc) is 2.81. The lowest BCUT2D eigenvalue weighted by Crippen LogP contribution is -2.24. The number of nitrogens with zero attached hydrogens (tertiary/aromatic N) is 2. The summed E-state index contributed by atoms with van der Waals surface area (Å²) in [5.74, 6) is 1.09. The number of anilines is 1. The fourth-order valence-corrected chi connectivity index (χ4v) is 3.88. The second-order valence-electron chi connectivity index (χ2n) is 8.86. The summed E-state index contributed by atoms with van der Waals surface area (Å²) in [4.78, 5) is 21.9. The molecule has 0 aliphatic carbocycles. The van der Waals surface area contributed by atoms with Crippen LogP contribution in [0.5, 0.6) is 0 Å². The van der Waals surface area contributed by atoms with E-state index in [1.165, 1.54) is 0 Å². The molecule has 0 aliphatic heterocycles. The first-order chi connectivity index (χ1) is 15.7. The average molecular weight is 450 g/mol. The van der Waals surface area contributed by atoms with Crippen molar-refractivity contribution >= 4 is 28.1 Å². The van der Waals surface area contributed by atoms with E-state index in [9.17, 15) is 9.90 Å². The molecule has 3 unspecified atom stereocenters. The number of nitrogens with one attached hydrogen (secondary N) is 1. The van der Waals surface area contributed by atoms with Crippen LogP contribution in [0.2, 0.25) is 0 Å². The Morgan fingerprint density at radius 3 is 2.39 bits per heavy atom. The number of pyridine rings is 2. The number of allylic oxidation sites excluding steroid dienone is 3. The van der Waals surface area contributed by atoms with Crippen LogP contribution in [-0.2, 0) is 4.79 Å². The maximum atomic E-state index is 12.7. The second-order valence-corrected chi connectivity index (χ2v) is 8.86. The number of fused-ring (bicyclic) bond motifs is 1. The highest BCUT2D eigenvalue weighted by Crippen LogP contribution is 2.27. The van der Waals surface area contributed by atoms with Gasteiger partial charge in [-0.15, -0.1) is 0 Å². The Morgan fingerprint density at radius 2 is 1.79 bits per heavy atom. The molecule has 0 bridgehead atoms. The molecule has 0 spiro atoms. The molecule has 33 heavy (non-hydrogen) atoms. The highest BCUT2D eigenvalue weighted by Gasteiger charge is 2.19. The first-order valence-electron chi connectivity index (χ1n) is 12.0. The van der Waals surface area contributed by atoms with E-state index in [1.54, 1.807) is 6.20 Å². The molecule has 0 radical (unpaired) electrons. The van der Waals surface area contributed by atoms with Gasteiger partial charge in [0.05, 0.1) is 11.8 Å². The monoisotopic (exact) mass is 449 g/mol. The van der Waals surface area contributed by atoms with Crippen LogP contribution < -0.4 is 5.32 Å². The molecule has 0 saturated heterocycles. The molecular formula is C28H39N3O2. The molecule has 0 fully saturated rings. The largest absolute Gasteiger partial charge is 0.388 e. The van der Waals surface area contributed by atoms with Crippen molar-refractivity contribution in [2.24, 2.45) is 11.8 Å². The van der Waals surface area contributed by atoms with Crippen molar-refractivity contribution in [1.82, 2.24) is 9.97 Å². The number of hydrogen-bond acceptors (Lipinski definition) is 4. The van der Waals surface area contributed by atoms with E-state index in [-0.39, 0.29) is 11.8 Å². The number of amides is 1. The Bertz CT molecular complexity index is 1040. The second kappa shape index (κ2) is 12.4. The van der Waals surface area contributed by atoms with Crippen molar-refractivity contribution in [1.29, 1.82) is 0 Å². The SMILES string of the molecule is C=C(/C=C(C)\C(=C/C)c1cc2cnc(NC(=O)C(CC)CC(C)CC)cc2cn1)C(O)CC. The van der Waals surface area contributed by atoms with Gasteiger partial charge in [-0.3, -0.25) is 9.78 Å². The summed E-state index contributed by atoms with van der Waals surface area (Å²) in [6, 6.07) is 3.87. The molecule has 178 valence electrons. The van der Waals surface area contributed by atoms with E-state index in [2.05, 4.69) is 42.6 Å². The molecule has 2 rings (SSSR count). The fraction of sp³-hybridized carbons (Fsp3) is 0.464. The maximum absolute atomic E-state index is 12.7. The first-order valence-corrected chi connectivity index (χ1v) is 12.0. The molecule has 2 aromatic rings. The lowest BCUT2D eigenvalue weighted by Gasteiger charge is -2.18. The van der Waals surface area contributed by atoms with Gasteiger partial charge in [0, 0.05) is 29.1 Å². The summed E-state index contributed by atoms with van der Waals surface area (Å²) in [6.07, 6.45) is 10.4. The number of aliphatic hydroxyl groups excluding tert-OH is 1. The lowest BCUT2D eigenvalue weighted by molar-refractivity contribution is -0.120. The van der Waals surface area contributed by atoms with Crippen LogP contribution in [0.3, 0.4) is 0 Å². The van der Waals surface area contributed by atoms with Gasteiger partial charge in [0.25, 0.3) is 0 Å². The van der Waals surface area contributed by atoms with Crippen molar-refractivity contribution in [2.75, 3.05) is 5.32 Å². The predicted octanol–water partition coefficient (Wildman–Crippen LogP) is 6.71. The minimum atomic E-state index is -0.544. The van der Waals surface area contributed by atoms with E-state index in [1.807, 2.05) is 51.3 Å². The quantitative estimate of drug-likeness (QED) is 0.374. The Balaban J connectivity index is 2.24. The first kappa shape index (κ1) is 26.5. The van der Waals surface area contributed by atoms with E-state index < -0.39 is 6.10 Å². The van der Waals surface area contributed by atoms with Crippen LogP contribution in [0.4, 0.5) is 5.82 Å². The third-order valence-corrected chi connectivity index (χ3v) is 6.31. The Hall–Kier alpha value is -2.79. The third-order valence-electron chi connectivity index (χ3n) is 6.31.